The molecule has 1 aromatic rings. The van der Waals surface area contributed by atoms with E-state index in [0.717, 1.165) is 0 Å². The number of aromatic hydroxyl groups is 1. The number of aliphatic carboxylic acids is 2. The van der Waals surface area contributed by atoms with Crippen LogP contribution >= 0.6 is 0 Å². The number of carbonyl (C=O) groups is 6. The average Bonchev–Trinajstić information content (AvgIpc) is 2.84. The zero-order chi connectivity index (χ0) is 29.0. The van der Waals surface area contributed by atoms with E-state index in [1.807, 2.05) is 0 Å². The summed E-state index contributed by atoms with van der Waals surface area (Å²) in [4.78, 5) is 72.2. The van der Waals surface area contributed by atoms with Crippen molar-refractivity contribution in [3.8, 4) is 5.75 Å². The number of amides is 4. The molecule has 0 aromatic heterocycles. The molecule has 5 unspecified atom stereocenters. The highest BCUT2D eigenvalue weighted by Crippen LogP contribution is 2.14. The summed E-state index contributed by atoms with van der Waals surface area (Å²) in [6, 6.07) is 0.432. The molecular formula is C24H35N5O9. The van der Waals surface area contributed by atoms with Crippen molar-refractivity contribution >= 4 is 35.6 Å². The van der Waals surface area contributed by atoms with Gasteiger partial charge in [-0.25, -0.2) is 4.79 Å². The molecular weight excluding hydrogens is 502 g/mol. The van der Waals surface area contributed by atoms with E-state index in [-0.39, 0.29) is 25.0 Å². The van der Waals surface area contributed by atoms with Gasteiger partial charge in [0.1, 0.15) is 23.9 Å². The Bertz CT molecular complexity index is 1020. The fourth-order valence-electron chi connectivity index (χ4n) is 3.38. The number of carboxylic acid groups (broad SMARTS) is 2. The van der Waals surface area contributed by atoms with Gasteiger partial charge in [-0.1, -0.05) is 32.4 Å². The molecule has 0 fully saturated rings. The molecule has 1 rings (SSSR count). The molecule has 0 radical (unpaired) electrons. The Hall–Kier alpha value is -4.20. The van der Waals surface area contributed by atoms with Gasteiger partial charge in [0.15, 0.2) is 0 Å². The van der Waals surface area contributed by atoms with E-state index < -0.39 is 72.1 Å². The van der Waals surface area contributed by atoms with E-state index in [1.165, 1.54) is 24.3 Å². The topological polar surface area (TPSA) is 251 Å². The number of carbonyl (C=O) groups excluding carboxylic acids is 4. The van der Waals surface area contributed by atoms with Crippen LogP contribution in [0.25, 0.3) is 0 Å². The standard InChI is InChI=1S/C24H35N5O9/c1-3-12(2)20(23(36)28-17(24(37)38)11-19(32)33)29-22(35)16(10-13-4-6-14(30)7-5-13)27-21(34)15(25)8-9-18(26)31/h4-7,12,15-17,20,30H,3,8-11,25H2,1-2H3,(H2,26,31)(H,27,34)(H,28,36)(H,29,35)(H,32,33)(H,37,38). The summed E-state index contributed by atoms with van der Waals surface area (Å²) in [7, 11) is 0. The number of nitrogens with one attached hydrogen (secondary N) is 3. The van der Waals surface area contributed by atoms with E-state index >= 15 is 0 Å². The van der Waals surface area contributed by atoms with Crippen molar-refractivity contribution in [2.24, 2.45) is 17.4 Å². The van der Waals surface area contributed by atoms with Crippen LogP contribution in [-0.2, 0) is 35.2 Å². The van der Waals surface area contributed by atoms with Gasteiger partial charge < -0.3 is 42.7 Å². The summed E-state index contributed by atoms with van der Waals surface area (Å²) in [6.45, 7) is 3.36. The number of phenols is 1. The number of phenolic OH excluding ortho intramolecular Hbond substituents is 1. The van der Waals surface area contributed by atoms with Crippen LogP contribution in [0.15, 0.2) is 24.3 Å². The molecule has 0 aliphatic rings. The molecule has 0 bridgehead atoms. The van der Waals surface area contributed by atoms with Crippen LogP contribution in [0.2, 0.25) is 0 Å². The highest BCUT2D eigenvalue weighted by atomic mass is 16.4. The highest BCUT2D eigenvalue weighted by molar-refractivity contribution is 5.95. The van der Waals surface area contributed by atoms with Gasteiger partial charge in [-0.2, -0.15) is 0 Å². The maximum atomic E-state index is 13.3. The molecule has 0 saturated carbocycles. The maximum absolute atomic E-state index is 13.3. The summed E-state index contributed by atoms with van der Waals surface area (Å²) in [5, 5.41) is 34.9. The van der Waals surface area contributed by atoms with Gasteiger partial charge in [0.2, 0.25) is 23.6 Å². The Morgan fingerprint density at radius 1 is 0.895 bits per heavy atom. The van der Waals surface area contributed by atoms with E-state index in [9.17, 15) is 39.0 Å². The molecule has 0 aliphatic heterocycles. The first kappa shape index (κ1) is 31.8. The average molecular weight is 538 g/mol. The number of benzene rings is 1. The van der Waals surface area contributed by atoms with Crippen molar-refractivity contribution < 1.29 is 44.1 Å². The largest absolute Gasteiger partial charge is 0.508 e. The van der Waals surface area contributed by atoms with Crippen LogP contribution in [0.5, 0.6) is 5.75 Å². The van der Waals surface area contributed by atoms with Gasteiger partial charge in [-0.15, -0.1) is 0 Å². The number of primary amides is 1. The van der Waals surface area contributed by atoms with Crippen LogP contribution in [0, 0.1) is 5.92 Å². The molecule has 210 valence electrons. The smallest absolute Gasteiger partial charge is 0.326 e. The molecule has 14 heteroatoms. The number of carboxylic acids is 2. The minimum atomic E-state index is -1.72. The molecule has 14 nitrogen and oxygen atoms in total. The molecule has 0 spiro atoms. The summed E-state index contributed by atoms with van der Waals surface area (Å²) in [6.07, 6.45) is -0.757. The third kappa shape index (κ3) is 10.8. The predicted molar refractivity (Wildman–Crippen MR) is 133 cm³/mol. The van der Waals surface area contributed by atoms with Gasteiger partial charge in [-0.05, 0) is 30.0 Å². The van der Waals surface area contributed by atoms with Crippen LogP contribution < -0.4 is 27.4 Å². The fourth-order valence-corrected chi connectivity index (χ4v) is 3.38. The zero-order valence-corrected chi connectivity index (χ0v) is 21.2. The predicted octanol–water partition coefficient (Wildman–Crippen LogP) is -1.41. The molecule has 1 aromatic carbocycles. The summed E-state index contributed by atoms with van der Waals surface area (Å²) in [5.41, 5.74) is 11.5. The first-order valence-electron chi connectivity index (χ1n) is 11.9. The Morgan fingerprint density at radius 2 is 1.47 bits per heavy atom. The van der Waals surface area contributed by atoms with Gasteiger partial charge in [0.25, 0.3) is 0 Å². The second-order valence-electron chi connectivity index (χ2n) is 8.91. The Kier molecular flexibility index (Phi) is 12.7. The molecule has 10 N–H and O–H groups in total. The lowest BCUT2D eigenvalue weighted by molar-refractivity contribution is -0.147. The third-order valence-electron chi connectivity index (χ3n) is 5.83. The van der Waals surface area contributed by atoms with Crippen molar-refractivity contribution in [1.82, 2.24) is 16.0 Å². The van der Waals surface area contributed by atoms with Gasteiger partial charge in [-0.3, -0.25) is 24.0 Å². The van der Waals surface area contributed by atoms with Gasteiger partial charge in [0.05, 0.1) is 12.5 Å². The SMILES string of the molecule is CCC(C)C(NC(=O)C(Cc1ccc(O)cc1)NC(=O)C(N)CCC(N)=O)C(=O)NC(CC(=O)O)C(=O)O. The maximum Gasteiger partial charge on any atom is 0.326 e. The third-order valence-corrected chi connectivity index (χ3v) is 5.83. The number of rotatable bonds is 16. The highest BCUT2D eigenvalue weighted by Gasteiger charge is 2.33. The lowest BCUT2D eigenvalue weighted by Gasteiger charge is -2.28. The minimum absolute atomic E-state index is 0.0184. The van der Waals surface area contributed by atoms with Crippen LogP contribution in [0.3, 0.4) is 0 Å². The van der Waals surface area contributed by atoms with Crippen molar-refractivity contribution in [2.45, 2.75) is 70.1 Å². The summed E-state index contributed by atoms with van der Waals surface area (Å²) in [5.74, 6) is -6.62. The van der Waals surface area contributed by atoms with Crippen molar-refractivity contribution in [2.75, 3.05) is 0 Å². The summed E-state index contributed by atoms with van der Waals surface area (Å²) < 4.78 is 0. The van der Waals surface area contributed by atoms with Crippen LogP contribution in [-0.4, -0.2) is 75.1 Å². The Balaban J connectivity index is 3.16. The zero-order valence-electron chi connectivity index (χ0n) is 21.2. The van der Waals surface area contributed by atoms with Gasteiger partial charge >= 0.3 is 11.9 Å². The molecule has 0 heterocycles. The van der Waals surface area contributed by atoms with Crippen molar-refractivity contribution in [1.29, 1.82) is 0 Å². The van der Waals surface area contributed by atoms with Crippen molar-refractivity contribution in [3.63, 3.8) is 0 Å². The normalized spacial score (nSPS) is 14.7. The Morgan fingerprint density at radius 3 is 1.97 bits per heavy atom. The lowest BCUT2D eigenvalue weighted by atomic mass is 9.96. The number of hydrogen-bond acceptors (Lipinski definition) is 8. The Labute approximate surface area is 219 Å². The van der Waals surface area contributed by atoms with Crippen molar-refractivity contribution in [3.05, 3.63) is 29.8 Å². The molecule has 0 aliphatic carbocycles. The molecule has 5 atom stereocenters. The number of nitrogens with two attached hydrogens (primary N) is 2. The first-order chi connectivity index (χ1) is 17.7. The molecule has 38 heavy (non-hydrogen) atoms. The second kappa shape index (κ2) is 15.1. The van der Waals surface area contributed by atoms with Crippen LogP contribution in [0.4, 0.5) is 0 Å². The first-order valence-corrected chi connectivity index (χ1v) is 11.9. The van der Waals surface area contributed by atoms with Crippen LogP contribution in [0.1, 0.15) is 45.1 Å². The van der Waals surface area contributed by atoms with E-state index in [4.69, 9.17) is 16.6 Å². The quantitative estimate of drug-likeness (QED) is 0.122. The summed E-state index contributed by atoms with van der Waals surface area (Å²) >= 11 is 0. The van der Waals surface area contributed by atoms with E-state index in [2.05, 4.69) is 16.0 Å². The molecule has 0 saturated heterocycles. The monoisotopic (exact) mass is 537 g/mol. The van der Waals surface area contributed by atoms with Gasteiger partial charge in [0, 0.05) is 12.8 Å². The fraction of sp³-hybridized carbons (Fsp3) is 0.500. The lowest BCUT2D eigenvalue weighted by Crippen LogP contribution is -2.59. The van der Waals surface area contributed by atoms with E-state index in [0.29, 0.717) is 12.0 Å². The molecule has 4 amide bonds. The number of hydrogen-bond donors (Lipinski definition) is 8. The van der Waals surface area contributed by atoms with E-state index in [1.54, 1.807) is 13.8 Å². The second-order valence-corrected chi connectivity index (χ2v) is 8.91. The minimum Gasteiger partial charge on any atom is -0.508 e.